The molecule has 8 nitrogen and oxygen atoms in total. The van der Waals surface area contributed by atoms with Crippen molar-refractivity contribution in [2.45, 2.75) is 13.5 Å². The van der Waals surface area contributed by atoms with Gasteiger partial charge in [0.15, 0.2) is 5.65 Å². The van der Waals surface area contributed by atoms with Crippen LogP contribution in [0.25, 0.3) is 16.8 Å². The van der Waals surface area contributed by atoms with Crippen molar-refractivity contribution in [2.75, 3.05) is 26.6 Å². The smallest absolute Gasteiger partial charge is 0.259 e. The van der Waals surface area contributed by atoms with E-state index < -0.39 is 0 Å². The Labute approximate surface area is 185 Å². The molecule has 2 aromatic carbocycles. The molecule has 0 bridgehead atoms. The average molecular weight is 432 g/mol. The van der Waals surface area contributed by atoms with Crippen molar-refractivity contribution in [3.8, 4) is 22.6 Å². The molecule has 4 aromatic rings. The summed E-state index contributed by atoms with van der Waals surface area (Å²) in [6, 6.07) is 14.9. The van der Waals surface area contributed by atoms with Gasteiger partial charge >= 0.3 is 0 Å². The van der Waals surface area contributed by atoms with Gasteiger partial charge < -0.3 is 19.5 Å². The lowest BCUT2D eigenvalue weighted by Crippen LogP contribution is -2.16. The van der Waals surface area contributed by atoms with Gasteiger partial charge in [-0.05, 0) is 36.8 Å². The third-order valence-corrected chi connectivity index (χ3v) is 5.19. The van der Waals surface area contributed by atoms with Gasteiger partial charge in [0.25, 0.3) is 5.91 Å². The largest absolute Gasteiger partial charge is 0.497 e. The van der Waals surface area contributed by atoms with Crippen LogP contribution < -0.4 is 14.8 Å². The van der Waals surface area contributed by atoms with Gasteiger partial charge in [-0.3, -0.25) is 4.79 Å². The summed E-state index contributed by atoms with van der Waals surface area (Å²) in [6.45, 7) is 2.16. The Kier molecular flexibility index (Phi) is 6.04. The van der Waals surface area contributed by atoms with Crippen molar-refractivity contribution in [3.63, 3.8) is 0 Å². The SMILES string of the molecule is COCc1nn2c(C)c(C(=O)Nc3cccc(OC)c3)cnc2c1-c1ccc(OC)cc1. The maximum Gasteiger partial charge on any atom is 0.259 e. The Bertz CT molecular complexity index is 1270. The predicted molar refractivity (Wildman–Crippen MR) is 121 cm³/mol. The lowest BCUT2D eigenvalue weighted by atomic mass is 10.1. The molecular formula is C24H24N4O4. The summed E-state index contributed by atoms with van der Waals surface area (Å²) in [7, 11) is 4.83. The normalized spacial score (nSPS) is 10.9. The Balaban J connectivity index is 1.75. The van der Waals surface area contributed by atoms with E-state index in [0.29, 0.717) is 34.9 Å². The lowest BCUT2D eigenvalue weighted by Gasteiger charge is -2.10. The standard InChI is InChI=1S/C24H24N4O4/c1-15-20(24(29)26-17-6-5-7-19(12-17)32-4)13-25-23-22(21(14-30-2)27-28(15)23)16-8-10-18(31-3)11-9-16/h5-13H,14H2,1-4H3,(H,26,29). The molecule has 4 rings (SSSR count). The maximum absolute atomic E-state index is 13.0. The summed E-state index contributed by atoms with van der Waals surface area (Å²) < 4.78 is 17.5. The molecule has 0 saturated carbocycles. The number of carbonyl (C=O) groups is 1. The van der Waals surface area contributed by atoms with Crippen LogP contribution in [-0.4, -0.2) is 41.8 Å². The van der Waals surface area contributed by atoms with Crippen molar-refractivity contribution >= 4 is 17.2 Å². The van der Waals surface area contributed by atoms with Crippen LogP contribution in [0.15, 0.2) is 54.7 Å². The van der Waals surface area contributed by atoms with Crippen LogP contribution in [-0.2, 0) is 11.3 Å². The van der Waals surface area contributed by atoms with E-state index in [2.05, 4.69) is 10.3 Å². The Hall–Kier alpha value is -3.91. The van der Waals surface area contributed by atoms with Gasteiger partial charge in [-0.1, -0.05) is 18.2 Å². The van der Waals surface area contributed by atoms with E-state index >= 15 is 0 Å². The minimum absolute atomic E-state index is 0.278. The fourth-order valence-corrected chi connectivity index (χ4v) is 3.55. The van der Waals surface area contributed by atoms with E-state index in [4.69, 9.17) is 19.3 Å². The number of rotatable bonds is 7. The fourth-order valence-electron chi connectivity index (χ4n) is 3.55. The van der Waals surface area contributed by atoms with Crippen LogP contribution in [0.2, 0.25) is 0 Å². The lowest BCUT2D eigenvalue weighted by molar-refractivity contribution is 0.102. The third kappa shape index (κ3) is 4.00. The second kappa shape index (κ2) is 9.07. The molecule has 0 spiro atoms. The molecule has 1 N–H and O–H groups in total. The van der Waals surface area contributed by atoms with Gasteiger partial charge in [0, 0.05) is 25.1 Å². The number of nitrogens with zero attached hydrogens (tertiary/aromatic N) is 3. The number of anilines is 1. The molecule has 0 fully saturated rings. The quantitative estimate of drug-likeness (QED) is 0.473. The molecular weight excluding hydrogens is 408 g/mol. The van der Waals surface area contributed by atoms with Crippen molar-refractivity contribution in [3.05, 3.63) is 71.7 Å². The summed E-state index contributed by atoms with van der Waals surface area (Å²) in [5, 5.41) is 7.59. The molecule has 1 amide bonds. The van der Waals surface area contributed by atoms with Crippen LogP contribution in [0.3, 0.4) is 0 Å². The Morgan fingerprint density at radius 1 is 1.03 bits per heavy atom. The zero-order chi connectivity index (χ0) is 22.7. The number of fused-ring (bicyclic) bond motifs is 1. The zero-order valence-electron chi connectivity index (χ0n) is 18.4. The van der Waals surface area contributed by atoms with Gasteiger partial charge in [-0.25, -0.2) is 9.50 Å². The molecule has 0 unspecified atom stereocenters. The Morgan fingerprint density at radius 2 is 1.78 bits per heavy atom. The first kappa shape index (κ1) is 21.3. The van der Waals surface area contributed by atoms with Gasteiger partial charge in [0.05, 0.1) is 43.3 Å². The van der Waals surface area contributed by atoms with Crippen LogP contribution >= 0.6 is 0 Å². The third-order valence-electron chi connectivity index (χ3n) is 5.19. The highest BCUT2D eigenvalue weighted by atomic mass is 16.5. The first-order chi connectivity index (χ1) is 15.5. The number of aromatic nitrogens is 3. The first-order valence-corrected chi connectivity index (χ1v) is 10.0. The predicted octanol–water partition coefficient (Wildman–Crippen LogP) is 4.12. The summed E-state index contributed by atoms with van der Waals surface area (Å²) in [5.74, 6) is 1.15. The highest BCUT2D eigenvalue weighted by Crippen LogP contribution is 2.30. The average Bonchev–Trinajstić information content (AvgIpc) is 3.18. The molecule has 8 heteroatoms. The number of nitrogens with one attached hydrogen (secondary N) is 1. The number of hydrogen-bond acceptors (Lipinski definition) is 6. The van der Waals surface area contributed by atoms with Crippen molar-refractivity contribution < 1.29 is 19.0 Å². The molecule has 32 heavy (non-hydrogen) atoms. The monoisotopic (exact) mass is 432 g/mol. The van der Waals surface area contributed by atoms with Crippen molar-refractivity contribution in [1.29, 1.82) is 0 Å². The van der Waals surface area contributed by atoms with E-state index in [9.17, 15) is 4.79 Å². The molecule has 0 aliphatic heterocycles. The van der Waals surface area contributed by atoms with Crippen LogP contribution in [0.4, 0.5) is 5.69 Å². The number of ether oxygens (including phenoxy) is 3. The van der Waals surface area contributed by atoms with Crippen molar-refractivity contribution in [2.24, 2.45) is 0 Å². The first-order valence-electron chi connectivity index (χ1n) is 10.0. The summed E-state index contributed by atoms with van der Waals surface area (Å²) in [4.78, 5) is 17.6. The highest BCUT2D eigenvalue weighted by molar-refractivity contribution is 6.05. The van der Waals surface area contributed by atoms with Crippen LogP contribution in [0.5, 0.6) is 11.5 Å². The second-order valence-electron chi connectivity index (χ2n) is 7.16. The van der Waals surface area contributed by atoms with Crippen LogP contribution in [0, 0.1) is 6.92 Å². The molecule has 2 heterocycles. The van der Waals surface area contributed by atoms with Gasteiger partial charge in [-0.15, -0.1) is 0 Å². The number of benzene rings is 2. The molecule has 0 aliphatic carbocycles. The molecule has 2 aromatic heterocycles. The minimum atomic E-state index is -0.278. The minimum Gasteiger partial charge on any atom is -0.497 e. The Morgan fingerprint density at radius 3 is 2.47 bits per heavy atom. The summed E-state index contributed by atoms with van der Waals surface area (Å²) in [5.41, 5.74) is 4.91. The van der Waals surface area contributed by atoms with E-state index in [1.807, 2.05) is 43.3 Å². The molecule has 0 aliphatic rings. The number of carbonyl (C=O) groups excluding carboxylic acids is 1. The van der Waals surface area contributed by atoms with E-state index in [1.165, 1.54) is 0 Å². The maximum atomic E-state index is 13.0. The van der Waals surface area contributed by atoms with Crippen LogP contribution in [0.1, 0.15) is 21.7 Å². The highest BCUT2D eigenvalue weighted by Gasteiger charge is 2.20. The summed E-state index contributed by atoms with van der Waals surface area (Å²) in [6.07, 6.45) is 1.57. The number of aryl methyl sites for hydroxylation is 1. The van der Waals surface area contributed by atoms with E-state index in [-0.39, 0.29) is 5.91 Å². The molecule has 164 valence electrons. The van der Waals surface area contributed by atoms with Gasteiger partial charge in [-0.2, -0.15) is 5.10 Å². The molecule has 0 radical (unpaired) electrons. The molecule has 0 atom stereocenters. The topological polar surface area (TPSA) is 87.0 Å². The van der Waals surface area contributed by atoms with E-state index in [0.717, 1.165) is 22.6 Å². The van der Waals surface area contributed by atoms with Gasteiger partial charge in [0.2, 0.25) is 0 Å². The number of methoxy groups -OCH3 is 3. The second-order valence-corrected chi connectivity index (χ2v) is 7.16. The summed E-state index contributed by atoms with van der Waals surface area (Å²) >= 11 is 0. The van der Waals surface area contributed by atoms with E-state index in [1.54, 1.807) is 44.2 Å². The number of amides is 1. The fraction of sp³-hybridized carbons (Fsp3) is 0.208. The number of hydrogen-bond donors (Lipinski definition) is 1. The van der Waals surface area contributed by atoms with Gasteiger partial charge in [0.1, 0.15) is 11.5 Å². The molecule has 0 saturated heterocycles. The zero-order valence-corrected chi connectivity index (χ0v) is 18.4. The van der Waals surface area contributed by atoms with Crippen molar-refractivity contribution in [1.82, 2.24) is 14.6 Å².